The molecule has 136 valence electrons. The lowest BCUT2D eigenvalue weighted by Crippen LogP contribution is -2.17. The Kier molecular flexibility index (Phi) is 5.58. The van der Waals surface area contributed by atoms with E-state index in [-0.39, 0.29) is 17.2 Å². The van der Waals surface area contributed by atoms with E-state index in [2.05, 4.69) is 15.3 Å². The molecule has 2 heterocycles. The molecular weight excluding hydrogens is 338 g/mol. The third kappa shape index (κ3) is 3.88. The number of nitrogens with one attached hydrogen (secondary N) is 1. The van der Waals surface area contributed by atoms with Crippen LogP contribution < -0.4 is 10.1 Å². The molecule has 0 aliphatic rings. The highest BCUT2D eigenvalue weighted by atomic mass is 19.2. The Bertz CT molecular complexity index is 895. The lowest BCUT2D eigenvalue weighted by atomic mass is 10.2. The van der Waals surface area contributed by atoms with Crippen LogP contribution in [0.3, 0.4) is 0 Å². The van der Waals surface area contributed by atoms with Gasteiger partial charge in [-0.3, -0.25) is 0 Å². The predicted octanol–water partition coefficient (Wildman–Crippen LogP) is 3.97. The fourth-order valence-corrected chi connectivity index (χ4v) is 2.57. The maximum absolute atomic E-state index is 14.0. The topological polar surface area (TPSA) is 52.0 Å². The van der Waals surface area contributed by atoms with E-state index in [1.165, 1.54) is 19.1 Å². The number of benzene rings is 1. The predicted molar refractivity (Wildman–Crippen MR) is 93.9 cm³/mol. The maximum atomic E-state index is 14.0. The monoisotopic (exact) mass is 358 g/mol. The molecule has 1 aromatic carbocycles. The van der Waals surface area contributed by atoms with Crippen molar-refractivity contribution in [2.24, 2.45) is 0 Å². The second-order valence-electron chi connectivity index (χ2n) is 5.81. The minimum absolute atomic E-state index is 0.186. The molecule has 3 rings (SSSR count). The number of ether oxygens (including phenoxy) is 1. The number of aromatic nitrogens is 3. The smallest absolute Gasteiger partial charge is 0.223 e. The van der Waals surface area contributed by atoms with Crippen LogP contribution in [0, 0.1) is 18.6 Å². The van der Waals surface area contributed by atoms with Crippen molar-refractivity contribution in [2.45, 2.75) is 33.5 Å². The highest BCUT2D eigenvalue weighted by molar-refractivity contribution is 5.35. The zero-order valence-electron chi connectivity index (χ0n) is 14.7. The molecule has 0 bridgehead atoms. The van der Waals surface area contributed by atoms with Gasteiger partial charge in [-0.2, -0.15) is 4.39 Å². The Labute approximate surface area is 150 Å². The van der Waals surface area contributed by atoms with Crippen LogP contribution in [0.5, 0.6) is 11.6 Å². The Hall–Kier alpha value is -2.80. The van der Waals surface area contributed by atoms with E-state index in [0.29, 0.717) is 13.1 Å². The van der Waals surface area contributed by atoms with Gasteiger partial charge in [0.1, 0.15) is 5.82 Å². The molecule has 1 N–H and O–H groups in total. The molecule has 0 fully saturated rings. The third-order valence-electron chi connectivity index (χ3n) is 4.04. The highest BCUT2D eigenvalue weighted by Crippen LogP contribution is 2.28. The average molecular weight is 358 g/mol. The fourth-order valence-electron chi connectivity index (χ4n) is 2.57. The molecule has 0 atom stereocenters. The Morgan fingerprint density at radius 3 is 2.73 bits per heavy atom. The van der Waals surface area contributed by atoms with Crippen molar-refractivity contribution in [2.75, 3.05) is 0 Å². The first kappa shape index (κ1) is 18.0. The number of pyridine rings is 1. The largest absolute Gasteiger partial charge is 0.435 e. The van der Waals surface area contributed by atoms with Gasteiger partial charge in [0.25, 0.3) is 0 Å². The van der Waals surface area contributed by atoms with Crippen molar-refractivity contribution in [3.63, 3.8) is 0 Å². The summed E-state index contributed by atoms with van der Waals surface area (Å²) < 4.78 is 35.3. The van der Waals surface area contributed by atoms with Gasteiger partial charge < -0.3 is 14.6 Å². The van der Waals surface area contributed by atoms with Gasteiger partial charge in [-0.15, -0.1) is 0 Å². The zero-order chi connectivity index (χ0) is 18.5. The van der Waals surface area contributed by atoms with Crippen LogP contribution in [0.15, 0.2) is 42.9 Å². The van der Waals surface area contributed by atoms with Crippen LogP contribution in [0.1, 0.15) is 23.9 Å². The molecule has 5 nitrogen and oxygen atoms in total. The average Bonchev–Trinajstić information content (AvgIpc) is 3.11. The van der Waals surface area contributed by atoms with E-state index in [4.69, 9.17) is 4.74 Å². The van der Waals surface area contributed by atoms with Crippen molar-refractivity contribution < 1.29 is 13.5 Å². The zero-order valence-corrected chi connectivity index (χ0v) is 14.7. The Morgan fingerprint density at radius 2 is 1.92 bits per heavy atom. The second kappa shape index (κ2) is 8.05. The molecule has 26 heavy (non-hydrogen) atoms. The lowest BCUT2D eigenvalue weighted by molar-refractivity contribution is 0.398. The number of hydrogen-bond acceptors (Lipinski definition) is 4. The first-order valence-corrected chi connectivity index (χ1v) is 8.37. The van der Waals surface area contributed by atoms with Gasteiger partial charge in [-0.05, 0) is 31.5 Å². The summed E-state index contributed by atoms with van der Waals surface area (Å²) in [5.41, 5.74) is 0.965. The first-order chi connectivity index (χ1) is 12.6. The number of imidazole rings is 1. The number of hydrogen-bond donors (Lipinski definition) is 1. The number of rotatable bonds is 7. The number of halogens is 2. The first-order valence-electron chi connectivity index (χ1n) is 8.37. The standard InChI is InChI=1S/C19H20F2N4O/c1-3-25-10-9-23-16(25)12-22-11-14-5-4-8-24-19(14)26-15-7-6-13(2)17(20)18(15)21/h4-10,22H,3,11-12H2,1-2H3. The van der Waals surface area contributed by atoms with E-state index in [0.717, 1.165) is 17.9 Å². The molecule has 0 amide bonds. The summed E-state index contributed by atoms with van der Waals surface area (Å²) in [7, 11) is 0. The minimum Gasteiger partial charge on any atom is -0.435 e. The van der Waals surface area contributed by atoms with Gasteiger partial charge in [0.15, 0.2) is 11.6 Å². The lowest BCUT2D eigenvalue weighted by Gasteiger charge is -2.12. The Balaban J connectivity index is 1.71. The van der Waals surface area contributed by atoms with E-state index in [1.54, 1.807) is 18.5 Å². The quantitative estimate of drug-likeness (QED) is 0.694. The fraction of sp³-hybridized carbons (Fsp3) is 0.263. The molecule has 0 radical (unpaired) electrons. The summed E-state index contributed by atoms with van der Waals surface area (Å²) in [6.07, 6.45) is 5.23. The highest BCUT2D eigenvalue weighted by Gasteiger charge is 2.15. The number of nitrogens with zero attached hydrogens (tertiary/aromatic N) is 3. The summed E-state index contributed by atoms with van der Waals surface area (Å²) in [6.45, 7) is 5.42. The van der Waals surface area contributed by atoms with Gasteiger partial charge >= 0.3 is 0 Å². The molecule has 2 aromatic heterocycles. The summed E-state index contributed by atoms with van der Waals surface area (Å²) in [4.78, 5) is 8.44. The van der Waals surface area contributed by atoms with Gasteiger partial charge in [-0.25, -0.2) is 14.4 Å². The Morgan fingerprint density at radius 1 is 1.08 bits per heavy atom. The van der Waals surface area contributed by atoms with Crippen LogP contribution in [0.4, 0.5) is 8.78 Å². The van der Waals surface area contributed by atoms with Crippen molar-refractivity contribution in [3.05, 3.63) is 71.4 Å². The number of aryl methyl sites for hydroxylation is 2. The second-order valence-corrected chi connectivity index (χ2v) is 5.81. The third-order valence-corrected chi connectivity index (χ3v) is 4.04. The normalized spacial score (nSPS) is 10.9. The molecule has 7 heteroatoms. The molecule has 0 aliphatic carbocycles. The molecule has 0 spiro atoms. The summed E-state index contributed by atoms with van der Waals surface area (Å²) in [5, 5.41) is 3.27. The van der Waals surface area contributed by atoms with Crippen LogP contribution in [0.25, 0.3) is 0 Å². The molecule has 0 aliphatic heterocycles. The van der Waals surface area contributed by atoms with Crippen LogP contribution >= 0.6 is 0 Å². The SMILES string of the molecule is CCn1ccnc1CNCc1cccnc1Oc1ccc(C)c(F)c1F. The van der Waals surface area contributed by atoms with Crippen LogP contribution in [-0.2, 0) is 19.6 Å². The maximum Gasteiger partial charge on any atom is 0.223 e. The van der Waals surface area contributed by atoms with Crippen molar-refractivity contribution in [1.82, 2.24) is 19.9 Å². The van der Waals surface area contributed by atoms with Crippen molar-refractivity contribution in [3.8, 4) is 11.6 Å². The van der Waals surface area contributed by atoms with Gasteiger partial charge in [-0.1, -0.05) is 12.1 Å². The minimum atomic E-state index is -1.01. The van der Waals surface area contributed by atoms with E-state index >= 15 is 0 Å². The van der Waals surface area contributed by atoms with E-state index in [1.807, 2.05) is 23.8 Å². The summed E-state index contributed by atoms with van der Waals surface area (Å²) in [6, 6.07) is 6.46. The summed E-state index contributed by atoms with van der Waals surface area (Å²) >= 11 is 0. The van der Waals surface area contributed by atoms with E-state index in [9.17, 15) is 8.78 Å². The van der Waals surface area contributed by atoms with Gasteiger partial charge in [0.2, 0.25) is 11.7 Å². The van der Waals surface area contributed by atoms with Crippen LogP contribution in [-0.4, -0.2) is 14.5 Å². The van der Waals surface area contributed by atoms with Gasteiger partial charge in [0.05, 0.1) is 6.54 Å². The molecule has 0 saturated carbocycles. The molecule has 0 unspecified atom stereocenters. The van der Waals surface area contributed by atoms with Crippen LogP contribution in [0.2, 0.25) is 0 Å². The van der Waals surface area contributed by atoms with E-state index < -0.39 is 11.6 Å². The van der Waals surface area contributed by atoms with Crippen molar-refractivity contribution >= 4 is 0 Å². The molecular formula is C19H20F2N4O. The van der Waals surface area contributed by atoms with Gasteiger partial charge in [0, 0.05) is 37.2 Å². The molecule has 3 aromatic rings. The summed E-state index contributed by atoms with van der Waals surface area (Å²) in [5.74, 6) is -0.954. The molecule has 0 saturated heterocycles. The van der Waals surface area contributed by atoms with Crippen molar-refractivity contribution in [1.29, 1.82) is 0 Å².